The SMILES string of the molecule is CC(CCN(CC(=O)O)CC(=O)O)N(CC(=O)O)CC(=O)O. The second-order valence-corrected chi connectivity index (χ2v) is 4.83. The lowest BCUT2D eigenvalue weighted by molar-refractivity contribution is -0.143. The molecule has 0 radical (unpaired) electrons. The van der Waals surface area contributed by atoms with Crippen molar-refractivity contribution >= 4 is 23.9 Å². The summed E-state index contributed by atoms with van der Waals surface area (Å²) < 4.78 is 0. The van der Waals surface area contributed by atoms with E-state index in [1.807, 2.05) is 0 Å². The first-order valence-corrected chi connectivity index (χ1v) is 6.45. The lowest BCUT2D eigenvalue weighted by atomic mass is 10.2. The fourth-order valence-corrected chi connectivity index (χ4v) is 1.86. The standard InChI is InChI=1S/C12H20N2O8/c1-8(14(6-11(19)20)7-12(21)22)2-3-13(4-9(15)16)5-10(17)18/h8H,2-7H2,1H3,(H,15,16)(H,17,18)(H,19,20)(H,21,22). The van der Waals surface area contributed by atoms with Gasteiger partial charge in [0.15, 0.2) is 0 Å². The van der Waals surface area contributed by atoms with Gasteiger partial charge in [0, 0.05) is 12.6 Å². The van der Waals surface area contributed by atoms with Crippen LogP contribution in [0.5, 0.6) is 0 Å². The van der Waals surface area contributed by atoms with Gasteiger partial charge in [0.05, 0.1) is 26.2 Å². The van der Waals surface area contributed by atoms with Gasteiger partial charge in [-0.1, -0.05) is 0 Å². The molecule has 0 fully saturated rings. The van der Waals surface area contributed by atoms with Crippen LogP contribution in [0.15, 0.2) is 0 Å². The number of rotatable bonds is 12. The molecule has 0 aromatic rings. The summed E-state index contributed by atoms with van der Waals surface area (Å²) in [7, 11) is 0. The zero-order valence-electron chi connectivity index (χ0n) is 12.1. The minimum absolute atomic E-state index is 0.0928. The summed E-state index contributed by atoms with van der Waals surface area (Å²) >= 11 is 0. The average Bonchev–Trinajstić information content (AvgIpc) is 2.32. The van der Waals surface area contributed by atoms with E-state index in [1.165, 1.54) is 9.80 Å². The Labute approximate surface area is 126 Å². The van der Waals surface area contributed by atoms with Gasteiger partial charge in [0.1, 0.15) is 0 Å². The van der Waals surface area contributed by atoms with Gasteiger partial charge in [-0.2, -0.15) is 0 Å². The van der Waals surface area contributed by atoms with Crippen LogP contribution >= 0.6 is 0 Å². The maximum atomic E-state index is 10.7. The van der Waals surface area contributed by atoms with Crippen LogP contribution in [0.25, 0.3) is 0 Å². The van der Waals surface area contributed by atoms with Gasteiger partial charge >= 0.3 is 23.9 Å². The molecule has 0 saturated heterocycles. The number of hydrogen-bond acceptors (Lipinski definition) is 6. The highest BCUT2D eigenvalue weighted by Crippen LogP contribution is 2.05. The second kappa shape index (κ2) is 9.68. The molecule has 0 aliphatic heterocycles. The van der Waals surface area contributed by atoms with E-state index in [0.29, 0.717) is 0 Å². The Morgan fingerprint density at radius 3 is 1.45 bits per heavy atom. The van der Waals surface area contributed by atoms with E-state index in [2.05, 4.69) is 0 Å². The second-order valence-electron chi connectivity index (χ2n) is 4.83. The lowest BCUT2D eigenvalue weighted by Gasteiger charge is -2.28. The van der Waals surface area contributed by atoms with Crippen LogP contribution in [0.2, 0.25) is 0 Å². The summed E-state index contributed by atoms with van der Waals surface area (Å²) in [5.74, 6) is -4.72. The molecule has 0 rings (SSSR count). The largest absolute Gasteiger partial charge is 0.480 e. The number of aliphatic carboxylic acids is 4. The molecule has 1 unspecified atom stereocenters. The third kappa shape index (κ3) is 9.66. The highest BCUT2D eigenvalue weighted by molar-refractivity contribution is 5.73. The summed E-state index contributed by atoms with van der Waals surface area (Å²) in [5, 5.41) is 34.9. The van der Waals surface area contributed by atoms with Gasteiger partial charge in [0.2, 0.25) is 0 Å². The molecule has 0 aromatic carbocycles. The third-order valence-corrected chi connectivity index (χ3v) is 2.88. The number of hydrogen-bond donors (Lipinski definition) is 4. The quantitative estimate of drug-likeness (QED) is 0.341. The fourth-order valence-electron chi connectivity index (χ4n) is 1.86. The summed E-state index contributed by atoms with van der Waals surface area (Å²) in [6.45, 7) is -0.161. The smallest absolute Gasteiger partial charge is 0.317 e. The molecule has 0 aromatic heterocycles. The zero-order chi connectivity index (χ0) is 17.3. The Morgan fingerprint density at radius 2 is 1.14 bits per heavy atom. The maximum Gasteiger partial charge on any atom is 0.317 e. The minimum Gasteiger partial charge on any atom is -0.480 e. The van der Waals surface area contributed by atoms with Crippen molar-refractivity contribution in [2.45, 2.75) is 19.4 Å². The Hall–Kier alpha value is -2.20. The Bertz CT molecular complexity index is 393. The zero-order valence-corrected chi connectivity index (χ0v) is 12.1. The maximum absolute atomic E-state index is 10.7. The molecule has 126 valence electrons. The highest BCUT2D eigenvalue weighted by Gasteiger charge is 2.21. The van der Waals surface area contributed by atoms with Crippen LogP contribution in [0.3, 0.4) is 0 Å². The van der Waals surface area contributed by atoms with Crippen molar-refractivity contribution in [1.29, 1.82) is 0 Å². The van der Waals surface area contributed by atoms with Crippen LogP contribution in [0.1, 0.15) is 13.3 Å². The molecule has 10 nitrogen and oxygen atoms in total. The monoisotopic (exact) mass is 320 g/mol. The van der Waals surface area contributed by atoms with Crippen molar-refractivity contribution in [3.63, 3.8) is 0 Å². The Kier molecular flexibility index (Phi) is 8.72. The molecule has 0 spiro atoms. The first-order chi connectivity index (χ1) is 10.1. The van der Waals surface area contributed by atoms with E-state index >= 15 is 0 Å². The van der Waals surface area contributed by atoms with E-state index in [9.17, 15) is 19.2 Å². The fraction of sp³-hybridized carbons (Fsp3) is 0.667. The molecule has 0 aliphatic rings. The van der Waals surface area contributed by atoms with E-state index in [4.69, 9.17) is 20.4 Å². The average molecular weight is 320 g/mol. The summed E-state index contributed by atoms with van der Waals surface area (Å²) in [4.78, 5) is 45.2. The van der Waals surface area contributed by atoms with Gasteiger partial charge in [-0.05, 0) is 13.3 Å². The molecular formula is C12H20N2O8. The first-order valence-electron chi connectivity index (χ1n) is 6.45. The number of carboxylic acids is 4. The number of nitrogens with zero attached hydrogens (tertiary/aromatic N) is 2. The van der Waals surface area contributed by atoms with Crippen LogP contribution in [0.4, 0.5) is 0 Å². The van der Waals surface area contributed by atoms with Crippen molar-refractivity contribution in [2.75, 3.05) is 32.7 Å². The summed E-state index contributed by atoms with van der Waals surface area (Å²) in [6, 6.07) is -0.461. The molecule has 1 atom stereocenters. The van der Waals surface area contributed by atoms with Crippen molar-refractivity contribution in [1.82, 2.24) is 9.80 Å². The molecule has 4 N–H and O–H groups in total. The van der Waals surface area contributed by atoms with Crippen LogP contribution < -0.4 is 0 Å². The molecule has 10 heteroatoms. The van der Waals surface area contributed by atoms with Gasteiger partial charge in [-0.3, -0.25) is 29.0 Å². The predicted molar refractivity (Wildman–Crippen MR) is 72.6 cm³/mol. The Morgan fingerprint density at radius 1 is 0.773 bits per heavy atom. The molecule has 22 heavy (non-hydrogen) atoms. The van der Waals surface area contributed by atoms with E-state index in [-0.39, 0.29) is 13.0 Å². The van der Waals surface area contributed by atoms with Crippen LogP contribution in [-0.4, -0.2) is 92.9 Å². The summed E-state index contributed by atoms with van der Waals surface area (Å²) in [5.41, 5.74) is 0. The number of carboxylic acid groups (broad SMARTS) is 4. The highest BCUT2D eigenvalue weighted by atomic mass is 16.4. The lowest BCUT2D eigenvalue weighted by Crippen LogP contribution is -2.43. The van der Waals surface area contributed by atoms with Crippen LogP contribution in [0, 0.1) is 0 Å². The van der Waals surface area contributed by atoms with Gasteiger partial charge in [-0.25, -0.2) is 0 Å². The van der Waals surface area contributed by atoms with Gasteiger partial charge in [-0.15, -0.1) is 0 Å². The van der Waals surface area contributed by atoms with Crippen molar-refractivity contribution in [2.24, 2.45) is 0 Å². The molecule has 0 amide bonds. The van der Waals surface area contributed by atoms with Gasteiger partial charge in [0.25, 0.3) is 0 Å². The topological polar surface area (TPSA) is 156 Å². The minimum atomic E-state index is -1.18. The first kappa shape index (κ1) is 19.8. The van der Waals surface area contributed by atoms with Crippen LogP contribution in [-0.2, 0) is 19.2 Å². The number of carbonyl (C=O) groups is 4. The van der Waals surface area contributed by atoms with Crippen molar-refractivity contribution < 1.29 is 39.6 Å². The predicted octanol–water partition coefficient (Wildman–Crippen LogP) is -1.29. The third-order valence-electron chi connectivity index (χ3n) is 2.88. The van der Waals surface area contributed by atoms with E-state index in [0.717, 1.165) is 0 Å². The molecular weight excluding hydrogens is 300 g/mol. The molecule has 0 bridgehead atoms. The Balaban J connectivity index is 4.62. The summed E-state index contributed by atoms with van der Waals surface area (Å²) in [6.07, 6.45) is 0.237. The van der Waals surface area contributed by atoms with Crippen molar-refractivity contribution in [3.05, 3.63) is 0 Å². The van der Waals surface area contributed by atoms with Gasteiger partial charge < -0.3 is 20.4 Å². The molecule has 0 saturated carbocycles. The molecule has 0 aliphatic carbocycles. The normalized spacial score (nSPS) is 12.3. The van der Waals surface area contributed by atoms with E-state index in [1.54, 1.807) is 6.92 Å². The van der Waals surface area contributed by atoms with E-state index < -0.39 is 56.1 Å². The molecule has 0 heterocycles. The van der Waals surface area contributed by atoms with Crippen molar-refractivity contribution in [3.8, 4) is 0 Å².